The molecule has 0 fully saturated rings. The zero-order chi connectivity index (χ0) is 24.4. The molecule has 194 valence electrons. The first-order chi connectivity index (χ1) is 15.6. The van der Waals surface area contributed by atoms with Crippen LogP contribution < -0.4 is 5.32 Å². The van der Waals surface area contributed by atoms with E-state index in [0.717, 1.165) is 6.07 Å². The number of ether oxygens (including phenoxy) is 2. The minimum Gasteiger partial charge on any atom is -0.464 e. The van der Waals surface area contributed by atoms with Gasteiger partial charge in [-0.05, 0) is 43.5 Å². The highest BCUT2D eigenvalue weighted by atomic mass is 32.2. The molecule has 2 rings (SSSR count). The van der Waals surface area contributed by atoms with Crippen molar-refractivity contribution in [2.24, 2.45) is 5.92 Å². The number of ketones is 1. The third-order valence-corrected chi connectivity index (χ3v) is 5.77. The van der Waals surface area contributed by atoms with Crippen LogP contribution in [0.5, 0.6) is 0 Å². The molecule has 2 aromatic rings. The van der Waals surface area contributed by atoms with Gasteiger partial charge in [0.05, 0.1) is 11.5 Å². The Morgan fingerprint density at radius 3 is 2.29 bits per heavy atom. The van der Waals surface area contributed by atoms with Crippen LogP contribution in [0.2, 0.25) is 0 Å². The Labute approximate surface area is 204 Å². The Morgan fingerprint density at radius 1 is 1.06 bits per heavy atom. The SMILES string of the molecule is C.COC(C(=O)OCCCC(CC(=O)Nc1cccc(S(=O)(=O)O)c1)C(C)=O)c1ccccc1.F. The Hall–Kier alpha value is -3.15. The molecule has 2 unspecified atom stereocenters. The summed E-state index contributed by atoms with van der Waals surface area (Å²) in [5.41, 5.74) is 0.847. The number of esters is 1. The second-order valence-corrected chi connectivity index (χ2v) is 8.82. The summed E-state index contributed by atoms with van der Waals surface area (Å²) < 4.78 is 42.1. The minimum absolute atomic E-state index is 0. The van der Waals surface area contributed by atoms with Gasteiger partial charge in [0.2, 0.25) is 5.91 Å². The maximum atomic E-state index is 12.3. The molecule has 11 heteroatoms. The van der Waals surface area contributed by atoms with E-state index in [-0.39, 0.29) is 41.5 Å². The van der Waals surface area contributed by atoms with Crippen molar-refractivity contribution in [2.75, 3.05) is 19.0 Å². The predicted molar refractivity (Wildman–Crippen MR) is 129 cm³/mol. The topological polar surface area (TPSA) is 136 Å². The van der Waals surface area contributed by atoms with Crippen LogP contribution >= 0.6 is 0 Å². The predicted octanol–water partition coefficient (Wildman–Crippen LogP) is 3.97. The fourth-order valence-electron chi connectivity index (χ4n) is 3.19. The molecule has 0 aliphatic rings. The molecule has 2 aromatic carbocycles. The molecule has 0 heterocycles. The fourth-order valence-corrected chi connectivity index (χ4v) is 3.72. The molecule has 0 aliphatic carbocycles. The second kappa shape index (κ2) is 15.0. The van der Waals surface area contributed by atoms with Crippen LogP contribution in [0.1, 0.15) is 45.3 Å². The van der Waals surface area contributed by atoms with Gasteiger partial charge in [-0.1, -0.05) is 43.8 Å². The number of anilines is 1. The number of hydrogen-bond donors (Lipinski definition) is 2. The number of amides is 1. The zero-order valence-electron chi connectivity index (χ0n) is 18.8. The molecule has 1 amide bonds. The van der Waals surface area contributed by atoms with E-state index in [0.29, 0.717) is 18.4 Å². The molecule has 0 saturated carbocycles. The first-order valence-corrected chi connectivity index (χ1v) is 11.7. The number of carbonyl (C=O) groups excluding carboxylic acids is 3. The molecule has 9 nitrogen and oxygen atoms in total. The van der Waals surface area contributed by atoms with E-state index in [4.69, 9.17) is 14.0 Å². The minimum atomic E-state index is -4.40. The zero-order valence-corrected chi connectivity index (χ0v) is 19.6. The lowest BCUT2D eigenvalue weighted by atomic mass is 9.95. The lowest BCUT2D eigenvalue weighted by Gasteiger charge is -2.16. The van der Waals surface area contributed by atoms with Gasteiger partial charge in [-0.25, -0.2) is 4.79 Å². The van der Waals surface area contributed by atoms with E-state index in [1.165, 1.54) is 32.2 Å². The van der Waals surface area contributed by atoms with Crippen LogP contribution in [0.4, 0.5) is 10.4 Å². The van der Waals surface area contributed by atoms with E-state index in [2.05, 4.69) is 5.32 Å². The summed E-state index contributed by atoms with van der Waals surface area (Å²) in [5, 5.41) is 2.52. The average Bonchev–Trinajstić information content (AvgIpc) is 2.76. The van der Waals surface area contributed by atoms with Gasteiger partial charge in [0.15, 0.2) is 6.10 Å². The summed E-state index contributed by atoms with van der Waals surface area (Å²) in [5.74, 6) is -1.81. The van der Waals surface area contributed by atoms with Crippen LogP contribution in [0, 0.1) is 5.92 Å². The van der Waals surface area contributed by atoms with Crippen LogP contribution in [0.3, 0.4) is 0 Å². The third kappa shape index (κ3) is 10.3. The van der Waals surface area contributed by atoms with Gasteiger partial charge in [-0.2, -0.15) is 8.42 Å². The lowest BCUT2D eigenvalue weighted by Crippen LogP contribution is -2.22. The maximum Gasteiger partial charge on any atom is 0.339 e. The molecule has 0 radical (unpaired) electrons. The van der Waals surface area contributed by atoms with E-state index >= 15 is 0 Å². The van der Waals surface area contributed by atoms with Crippen LogP contribution in [-0.4, -0.2) is 44.3 Å². The summed E-state index contributed by atoms with van der Waals surface area (Å²) >= 11 is 0. The second-order valence-electron chi connectivity index (χ2n) is 7.40. The Kier molecular flexibility index (Phi) is 13.6. The standard InChI is InChI=1S/C23H27NO8S.CH4.FH/c1-16(25)18(14-21(26)24-19-11-6-12-20(15-19)33(28,29)30)10-7-13-32-23(27)22(31-2)17-8-4-3-5-9-17;;/h3-6,8-9,11-12,15,18,22H,7,10,13-14H2,1-2H3,(H,24,26)(H,28,29,30);1H4;1H. The normalized spacial score (nSPS) is 12.3. The van der Waals surface area contributed by atoms with Gasteiger partial charge in [0.25, 0.3) is 10.1 Å². The summed E-state index contributed by atoms with van der Waals surface area (Å²) in [6.07, 6.45) is -0.278. The highest BCUT2D eigenvalue weighted by molar-refractivity contribution is 7.85. The molecule has 2 N–H and O–H groups in total. The molecule has 0 spiro atoms. The van der Waals surface area contributed by atoms with Gasteiger partial charge in [0, 0.05) is 25.1 Å². The number of rotatable bonds is 12. The Balaban J connectivity index is 0.00000578. The first kappa shape index (κ1) is 31.9. The molecule has 0 saturated heterocycles. The molecule has 0 aromatic heterocycles. The van der Waals surface area contributed by atoms with Crippen molar-refractivity contribution in [3.05, 3.63) is 60.2 Å². The van der Waals surface area contributed by atoms with Crippen LogP contribution in [0.25, 0.3) is 0 Å². The molecular weight excluding hydrogens is 481 g/mol. The van der Waals surface area contributed by atoms with Gasteiger partial charge in [0.1, 0.15) is 5.78 Å². The number of Topliss-reactive ketones (excluding diaryl/α,β-unsaturated/α-hetero) is 1. The van der Waals surface area contributed by atoms with Crippen molar-refractivity contribution in [1.29, 1.82) is 0 Å². The van der Waals surface area contributed by atoms with E-state index in [9.17, 15) is 22.8 Å². The highest BCUT2D eigenvalue weighted by Crippen LogP contribution is 2.20. The van der Waals surface area contributed by atoms with Crippen molar-refractivity contribution in [2.45, 2.75) is 44.6 Å². The lowest BCUT2D eigenvalue weighted by molar-refractivity contribution is -0.156. The number of methoxy groups -OCH3 is 1. The summed E-state index contributed by atoms with van der Waals surface area (Å²) in [6, 6.07) is 14.1. The van der Waals surface area contributed by atoms with Crippen molar-refractivity contribution in [3.63, 3.8) is 0 Å². The number of benzene rings is 2. The summed E-state index contributed by atoms with van der Waals surface area (Å²) in [6.45, 7) is 1.44. The van der Waals surface area contributed by atoms with E-state index < -0.39 is 34.0 Å². The highest BCUT2D eigenvalue weighted by Gasteiger charge is 2.23. The molecule has 35 heavy (non-hydrogen) atoms. The molecule has 2 atom stereocenters. The smallest absolute Gasteiger partial charge is 0.339 e. The van der Waals surface area contributed by atoms with E-state index in [1.807, 2.05) is 6.07 Å². The fraction of sp³-hybridized carbons (Fsp3) is 0.375. The molecular formula is C24H32FNO8S. The van der Waals surface area contributed by atoms with Gasteiger partial charge >= 0.3 is 5.97 Å². The third-order valence-electron chi connectivity index (χ3n) is 4.92. The molecule has 0 bridgehead atoms. The van der Waals surface area contributed by atoms with Gasteiger partial charge in [-0.3, -0.25) is 18.8 Å². The largest absolute Gasteiger partial charge is 0.464 e. The molecule has 0 aliphatic heterocycles. The van der Waals surface area contributed by atoms with Crippen LogP contribution in [-0.2, 0) is 34.0 Å². The summed E-state index contributed by atoms with van der Waals surface area (Å²) in [4.78, 5) is 36.2. The van der Waals surface area contributed by atoms with Crippen molar-refractivity contribution < 1.29 is 41.5 Å². The van der Waals surface area contributed by atoms with Crippen molar-refractivity contribution >= 4 is 33.5 Å². The van der Waals surface area contributed by atoms with Crippen LogP contribution in [0.15, 0.2) is 59.5 Å². The monoisotopic (exact) mass is 513 g/mol. The van der Waals surface area contributed by atoms with Gasteiger partial charge in [-0.15, -0.1) is 0 Å². The number of nitrogens with one attached hydrogen (secondary N) is 1. The summed E-state index contributed by atoms with van der Waals surface area (Å²) in [7, 11) is -2.99. The number of carbonyl (C=O) groups is 3. The quantitative estimate of drug-likeness (QED) is 0.247. The van der Waals surface area contributed by atoms with E-state index in [1.54, 1.807) is 24.3 Å². The number of halogens is 1. The van der Waals surface area contributed by atoms with Crippen molar-refractivity contribution in [3.8, 4) is 0 Å². The Morgan fingerprint density at radius 2 is 1.71 bits per heavy atom. The first-order valence-electron chi connectivity index (χ1n) is 10.2. The maximum absolute atomic E-state index is 12.3. The Bertz CT molecular complexity index is 1080. The van der Waals surface area contributed by atoms with Gasteiger partial charge < -0.3 is 14.8 Å². The number of hydrogen-bond acceptors (Lipinski definition) is 7. The average molecular weight is 514 g/mol. The van der Waals surface area contributed by atoms with Crippen molar-refractivity contribution in [1.82, 2.24) is 0 Å².